The van der Waals surface area contributed by atoms with E-state index < -0.39 is 0 Å². The topological polar surface area (TPSA) is 42.0 Å². The molecule has 0 unspecified atom stereocenters. The van der Waals surface area contributed by atoms with Crippen LogP contribution in [0.1, 0.15) is 55.9 Å². The molecule has 0 aliphatic rings. The fraction of sp³-hybridized carbons (Fsp3) is 0.500. The average Bonchev–Trinajstić information content (AvgIpc) is 2.93. The molecule has 2 aromatic heterocycles. The molecule has 2 aromatic rings. The first-order chi connectivity index (χ1) is 9.81. The van der Waals surface area contributed by atoms with Gasteiger partial charge in [-0.15, -0.1) is 11.3 Å². The second-order valence-corrected chi connectivity index (χ2v) is 6.00. The van der Waals surface area contributed by atoms with E-state index in [9.17, 15) is 4.79 Å². The van der Waals surface area contributed by atoms with Crippen molar-refractivity contribution < 1.29 is 4.79 Å². The maximum atomic E-state index is 12.0. The molecule has 2 rings (SSSR count). The second kappa shape index (κ2) is 8.00. The van der Waals surface area contributed by atoms with E-state index in [0.717, 1.165) is 23.1 Å². The van der Waals surface area contributed by atoms with Crippen LogP contribution >= 0.6 is 11.3 Å². The van der Waals surface area contributed by atoms with Gasteiger partial charge in [-0.1, -0.05) is 39.0 Å². The van der Waals surface area contributed by atoms with Crippen molar-refractivity contribution >= 4 is 27.3 Å². The molecule has 0 aromatic carbocycles. The van der Waals surface area contributed by atoms with Crippen LogP contribution in [0.5, 0.6) is 0 Å². The Morgan fingerprint density at radius 1 is 1.25 bits per heavy atom. The van der Waals surface area contributed by atoms with Crippen LogP contribution in [0.3, 0.4) is 0 Å². The number of nitrogens with zero attached hydrogens (tertiary/aromatic N) is 1. The van der Waals surface area contributed by atoms with Crippen molar-refractivity contribution in [1.82, 2.24) is 10.3 Å². The Kier molecular flexibility index (Phi) is 5.99. The summed E-state index contributed by atoms with van der Waals surface area (Å²) in [5, 5.41) is 6.07. The van der Waals surface area contributed by atoms with E-state index in [0.29, 0.717) is 5.69 Å². The Labute approximate surface area is 124 Å². The zero-order chi connectivity index (χ0) is 14.2. The molecule has 3 nitrogen and oxygen atoms in total. The van der Waals surface area contributed by atoms with Crippen molar-refractivity contribution in [2.24, 2.45) is 0 Å². The number of rotatable bonds is 8. The number of pyridine rings is 1. The van der Waals surface area contributed by atoms with Crippen LogP contribution < -0.4 is 5.32 Å². The van der Waals surface area contributed by atoms with Crippen LogP contribution in [0.2, 0.25) is 0 Å². The Morgan fingerprint density at radius 3 is 2.90 bits per heavy atom. The second-order valence-electron chi connectivity index (χ2n) is 5.05. The zero-order valence-corrected chi connectivity index (χ0v) is 12.8. The molecule has 1 amide bonds. The molecule has 1 N–H and O–H groups in total. The molecule has 0 saturated heterocycles. The summed E-state index contributed by atoms with van der Waals surface area (Å²) in [4.78, 5) is 16.2. The first-order valence-electron chi connectivity index (χ1n) is 7.42. The van der Waals surface area contributed by atoms with Gasteiger partial charge in [-0.2, -0.15) is 0 Å². The van der Waals surface area contributed by atoms with Crippen molar-refractivity contribution in [2.75, 3.05) is 6.54 Å². The minimum Gasteiger partial charge on any atom is -0.351 e. The summed E-state index contributed by atoms with van der Waals surface area (Å²) in [5.74, 6) is -0.0612. The largest absolute Gasteiger partial charge is 0.351 e. The molecule has 0 aliphatic carbocycles. The first-order valence-corrected chi connectivity index (χ1v) is 8.30. The monoisotopic (exact) mass is 290 g/mol. The molecule has 108 valence electrons. The third-order valence-corrected chi connectivity index (χ3v) is 4.27. The average molecular weight is 290 g/mol. The summed E-state index contributed by atoms with van der Waals surface area (Å²) < 4.78 is 1.12. The predicted octanol–water partition coefficient (Wildman–Crippen LogP) is 4.39. The Hall–Kier alpha value is -1.42. The van der Waals surface area contributed by atoms with E-state index in [1.807, 2.05) is 17.5 Å². The SMILES string of the molecule is CCCCCCCCNC(=O)c1cc2sccc2cn1. The molecular formula is C16H22N2OS. The van der Waals surface area contributed by atoms with E-state index in [2.05, 4.69) is 17.2 Å². The molecule has 4 heteroatoms. The predicted molar refractivity (Wildman–Crippen MR) is 85.3 cm³/mol. The number of carbonyl (C=O) groups is 1. The lowest BCUT2D eigenvalue weighted by Crippen LogP contribution is -2.25. The quantitative estimate of drug-likeness (QED) is 0.733. The standard InChI is InChI=1S/C16H22N2OS/c1-2-3-4-5-6-7-9-17-16(19)14-11-15-13(12-18-14)8-10-20-15/h8,10-12H,2-7,9H2,1H3,(H,17,19). The molecule has 0 spiro atoms. The highest BCUT2D eigenvalue weighted by atomic mass is 32.1. The normalized spacial score (nSPS) is 10.8. The fourth-order valence-electron chi connectivity index (χ4n) is 2.18. The lowest BCUT2D eigenvalue weighted by Gasteiger charge is -2.04. The lowest BCUT2D eigenvalue weighted by atomic mass is 10.1. The molecule has 2 heterocycles. The number of aromatic nitrogens is 1. The van der Waals surface area contributed by atoms with Gasteiger partial charge in [0.25, 0.3) is 5.91 Å². The Bertz CT molecular complexity index is 550. The number of hydrogen-bond acceptors (Lipinski definition) is 3. The van der Waals surface area contributed by atoms with Crippen LogP contribution in [-0.2, 0) is 0 Å². The number of amides is 1. The summed E-state index contributed by atoms with van der Waals surface area (Å²) in [6.45, 7) is 2.97. The van der Waals surface area contributed by atoms with Crippen molar-refractivity contribution in [3.05, 3.63) is 29.4 Å². The highest BCUT2D eigenvalue weighted by Crippen LogP contribution is 2.20. The fourth-order valence-corrected chi connectivity index (χ4v) is 2.98. The minimum absolute atomic E-state index is 0.0612. The summed E-state index contributed by atoms with van der Waals surface area (Å²) in [5.41, 5.74) is 0.519. The van der Waals surface area contributed by atoms with Crippen LogP contribution in [-0.4, -0.2) is 17.4 Å². The molecule has 0 bridgehead atoms. The number of thiophene rings is 1. The molecule has 0 aliphatic heterocycles. The van der Waals surface area contributed by atoms with Crippen molar-refractivity contribution in [3.8, 4) is 0 Å². The number of carbonyl (C=O) groups excluding carboxylic acids is 1. The van der Waals surface area contributed by atoms with Gasteiger partial charge in [-0.05, 0) is 23.9 Å². The third kappa shape index (κ3) is 4.30. The lowest BCUT2D eigenvalue weighted by molar-refractivity contribution is 0.0948. The number of hydrogen-bond donors (Lipinski definition) is 1. The molecule has 0 saturated carbocycles. The van der Waals surface area contributed by atoms with Gasteiger partial charge in [-0.25, -0.2) is 0 Å². The van der Waals surface area contributed by atoms with Crippen molar-refractivity contribution in [2.45, 2.75) is 45.4 Å². The highest BCUT2D eigenvalue weighted by Gasteiger charge is 2.07. The number of unbranched alkanes of at least 4 members (excludes halogenated alkanes) is 5. The molecule has 0 atom stereocenters. The van der Waals surface area contributed by atoms with Gasteiger partial charge in [0.1, 0.15) is 5.69 Å². The van der Waals surface area contributed by atoms with Crippen molar-refractivity contribution in [3.63, 3.8) is 0 Å². The van der Waals surface area contributed by atoms with E-state index in [-0.39, 0.29) is 5.91 Å². The molecular weight excluding hydrogens is 268 g/mol. The number of nitrogens with one attached hydrogen (secondary N) is 1. The summed E-state index contributed by atoms with van der Waals surface area (Å²) in [7, 11) is 0. The minimum atomic E-state index is -0.0612. The van der Waals surface area contributed by atoms with Crippen LogP contribution in [0.4, 0.5) is 0 Å². The summed E-state index contributed by atoms with van der Waals surface area (Å²) in [6, 6.07) is 3.89. The van der Waals surface area contributed by atoms with E-state index in [1.165, 1.54) is 32.1 Å². The van der Waals surface area contributed by atoms with Gasteiger partial charge in [0.15, 0.2) is 0 Å². The molecule has 20 heavy (non-hydrogen) atoms. The molecule has 0 radical (unpaired) electrons. The van der Waals surface area contributed by atoms with E-state index in [4.69, 9.17) is 0 Å². The Balaban J connectivity index is 1.71. The van der Waals surface area contributed by atoms with Gasteiger partial charge in [0, 0.05) is 22.8 Å². The first kappa shape index (κ1) is 15.0. The maximum Gasteiger partial charge on any atom is 0.269 e. The highest BCUT2D eigenvalue weighted by molar-refractivity contribution is 7.17. The number of fused-ring (bicyclic) bond motifs is 1. The van der Waals surface area contributed by atoms with Crippen LogP contribution in [0.15, 0.2) is 23.7 Å². The van der Waals surface area contributed by atoms with E-state index >= 15 is 0 Å². The zero-order valence-electron chi connectivity index (χ0n) is 12.0. The van der Waals surface area contributed by atoms with Crippen molar-refractivity contribution in [1.29, 1.82) is 0 Å². The van der Waals surface area contributed by atoms with Crippen LogP contribution in [0, 0.1) is 0 Å². The third-order valence-electron chi connectivity index (χ3n) is 3.39. The van der Waals surface area contributed by atoms with Gasteiger partial charge < -0.3 is 5.32 Å². The maximum absolute atomic E-state index is 12.0. The van der Waals surface area contributed by atoms with Crippen LogP contribution in [0.25, 0.3) is 10.1 Å². The van der Waals surface area contributed by atoms with Gasteiger partial charge in [0.2, 0.25) is 0 Å². The van der Waals surface area contributed by atoms with Gasteiger partial charge in [0.05, 0.1) is 0 Å². The molecule has 0 fully saturated rings. The Morgan fingerprint density at radius 2 is 2.05 bits per heavy atom. The van der Waals surface area contributed by atoms with E-state index in [1.54, 1.807) is 17.5 Å². The summed E-state index contributed by atoms with van der Waals surface area (Å²) in [6.07, 6.45) is 9.18. The van der Waals surface area contributed by atoms with Gasteiger partial charge >= 0.3 is 0 Å². The smallest absolute Gasteiger partial charge is 0.269 e. The van der Waals surface area contributed by atoms with Gasteiger partial charge in [-0.3, -0.25) is 9.78 Å². The summed E-state index contributed by atoms with van der Waals surface area (Å²) >= 11 is 1.64.